The van der Waals surface area contributed by atoms with E-state index in [-0.39, 0.29) is 17.7 Å². The molecule has 22 heavy (non-hydrogen) atoms. The van der Waals surface area contributed by atoms with Gasteiger partial charge < -0.3 is 15.1 Å². The van der Waals surface area contributed by atoms with E-state index in [0.717, 1.165) is 42.1 Å². The zero-order chi connectivity index (χ0) is 15.1. The van der Waals surface area contributed by atoms with Crippen LogP contribution in [0.1, 0.15) is 34.1 Å². The van der Waals surface area contributed by atoms with Crippen LogP contribution in [0.3, 0.4) is 0 Å². The van der Waals surface area contributed by atoms with E-state index in [9.17, 15) is 10.1 Å². The Balaban J connectivity index is 1.51. The molecular formula is C16H15N3O2S. The third kappa shape index (κ3) is 2.23. The Bertz CT molecular complexity index is 757. The lowest BCUT2D eigenvalue weighted by Gasteiger charge is -2.11. The summed E-state index contributed by atoms with van der Waals surface area (Å²) in [5, 5.41) is 16.4. The van der Waals surface area contributed by atoms with Crippen molar-refractivity contribution >= 4 is 22.2 Å². The van der Waals surface area contributed by atoms with Crippen LogP contribution in [0.5, 0.6) is 0 Å². The van der Waals surface area contributed by atoms with Gasteiger partial charge in [0.1, 0.15) is 16.8 Å². The van der Waals surface area contributed by atoms with Gasteiger partial charge >= 0.3 is 0 Å². The molecule has 0 saturated heterocycles. The van der Waals surface area contributed by atoms with E-state index >= 15 is 0 Å². The van der Waals surface area contributed by atoms with Crippen LogP contribution >= 0.6 is 11.3 Å². The largest absolute Gasteiger partial charge is 0.469 e. The predicted molar refractivity (Wildman–Crippen MR) is 82.6 cm³/mol. The fourth-order valence-corrected chi connectivity index (χ4v) is 4.22. The number of amides is 1. The average molecular weight is 313 g/mol. The number of thiophene rings is 1. The lowest BCUT2D eigenvalue weighted by Crippen LogP contribution is -2.22. The van der Waals surface area contributed by atoms with E-state index in [1.807, 2.05) is 12.1 Å². The van der Waals surface area contributed by atoms with Crippen molar-refractivity contribution in [3.63, 3.8) is 0 Å². The molecule has 5 nitrogen and oxygen atoms in total. The highest BCUT2D eigenvalue weighted by atomic mass is 32.1. The Hall–Kier alpha value is -2.10. The number of nitrogens with one attached hydrogen (secondary N) is 2. The normalized spacial score (nSPS) is 22.7. The molecule has 2 aromatic heterocycles. The van der Waals surface area contributed by atoms with E-state index < -0.39 is 0 Å². The van der Waals surface area contributed by atoms with Crippen LogP contribution in [-0.4, -0.2) is 12.5 Å². The fourth-order valence-electron chi connectivity index (χ4n) is 3.05. The van der Waals surface area contributed by atoms with E-state index in [0.29, 0.717) is 10.6 Å². The minimum absolute atomic E-state index is 0.00976. The van der Waals surface area contributed by atoms with Crippen molar-refractivity contribution in [2.24, 2.45) is 5.92 Å². The summed E-state index contributed by atoms with van der Waals surface area (Å²) in [6, 6.07) is 6.01. The first-order valence-electron chi connectivity index (χ1n) is 7.37. The van der Waals surface area contributed by atoms with Crippen LogP contribution in [0, 0.1) is 17.2 Å². The Kier molecular flexibility index (Phi) is 3.25. The Morgan fingerprint density at radius 3 is 3.23 bits per heavy atom. The molecule has 0 radical (unpaired) electrons. The number of nitriles is 1. The van der Waals surface area contributed by atoms with Gasteiger partial charge in [0.15, 0.2) is 0 Å². The quantitative estimate of drug-likeness (QED) is 0.913. The molecule has 0 bridgehead atoms. The molecule has 2 atom stereocenters. The number of rotatable bonds is 3. The molecule has 0 spiro atoms. The lowest BCUT2D eigenvalue weighted by atomic mass is 10.1. The molecule has 2 aromatic rings. The second-order valence-corrected chi connectivity index (χ2v) is 6.81. The van der Waals surface area contributed by atoms with Gasteiger partial charge in [0.2, 0.25) is 5.91 Å². The molecule has 112 valence electrons. The number of furan rings is 1. The number of anilines is 1. The van der Waals surface area contributed by atoms with E-state index in [1.165, 1.54) is 11.3 Å². The Morgan fingerprint density at radius 1 is 1.55 bits per heavy atom. The van der Waals surface area contributed by atoms with Crippen LogP contribution < -0.4 is 10.6 Å². The molecule has 2 aliphatic rings. The summed E-state index contributed by atoms with van der Waals surface area (Å²) in [5.41, 5.74) is 1.74. The molecule has 1 fully saturated rings. The number of carbonyl (C=O) groups excluding carboxylic acids is 1. The molecular weight excluding hydrogens is 298 g/mol. The monoisotopic (exact) mass is 313 g/mol. The van der Waals surface area contributed by atoms with Crippen molar-refractivity contribution < 1.29 is 9.21 Å². The van der Waals surface area contributed by atoms with E-state index in [2.05, 4.69) is 16.7 Å². The zero-order valence-corrected chi connectivity index (χ0v) is 12.7. The van der Waals surface area contributed by atoms with Crippen molar-refractivity contribution in [3.05, 3.63) is 40.2 Å². The maximum absolute atomic E-state index is 12.4. The molecule has 2 N–H and O–H groups in total. The summed E-state index contributed by atoms with van der Waals surface area (Å²) >= 11 is 1.52. The van der Waals surface area contributed by atoms with E-state index in [4.69, 9.17) is 4.42 Å². The van der Waals surface area contributed by atoms with Crippen LogP contribution in [-0.2, 0) is 17.8 Å². The first kappa shape index (κ1) is 13.6. The van der Waals surface area contributed by atoms with Crippen molar-refractivity contribution in [2.75, 3.05) is 11.9 Å². The lowest BCUT2D eigenvalue weighted by molar-refractivity contribution is -0.117. The fraction of sp³-hybridized carbons (Fsp3) is 0.375. The molecule has 4 rings (SSSR count). The Morgan fingerprint density at radius 2 is 2.45 bits per heavy atom. The first-order valence-corrected chi connectivity index (χ1v) is 8.19. The first-order chi connectivity index (χ1) is 10.8. The van der Waals surface area contributed by atoms with Crippen molar-refractivity contribution in [2.45, 2.75) is 25.3 Å². The van der Waals surface area contributed by atoms with Crippen LogP contribution in [0.2, 0.25) is 0 Å². The molecule has 1 aliphatic heterocycles. The van der Waals surface area contributed by atoms with Gasteiger partial charge in [-0.05, 0) is 37.1 Å². The number of nitrogens with zero attached hydrogens (tertiary/aromatic N) is 1. The van der Waals surface area contributed by atoms with E-state index in [1.54, 1.807) is 6.26 Å². The maximum Gasteiger partial charge on any atom is 0.228 e. The van der Waals surface area contributed by atoms with Gasteiger partial charge in [-0.25, -0.2) is 0 Å². The third-order valence-corrected chi connectivity index (χ3v) is 5.46. The minimum Gasteiger partial charge on any atom is -0.469 e. The van der Waals surface area contributed by atoms with Crippen LogP contribution in [0.15, 0.2) is 22.8 Å². The molecule has 1 saturated carbocycles. The van der Waals surface area contributed by atoms with Crippen molar-refractivity contribution in [1.82, 2.24) is 5.32 Å². The predicted octanol–water partition coefficient (Wildman–Crippen LogP) is 2.60. The number of carbonyl (C=O) groups is 1. The van der Waals surface area contributed by atoms with Gasteiger partial charge in [0.25, 0.3) is 0 Å². The Labute approximate surface area is 131 Å². The standard InChI is InChI=1S/C16H15N3O2S/c17-7-12-9-3-4-18-8-14(9)22-16(12)19-15(20)11-6-10(11)13-2-1-5-21-13/h1-2,5,10-11,18H,3-4,6,8H2,(H,19,20). The smallest absolute Gasteiger partial charge is 0.228 e. The van der Waals surface area contributed by atoms with Crippen molar-refractivity contribution in [1.29, 1.82) is 5.26 Å². The molecule has 2 unspecified atom stereocenters. The highest BCUT2D eigenvalue weighted by Gasteiger charge is 2.46. The summed E-state index contributed by atoms with van der Waals surface area (Å²) in [5.74, 6) is 0.992. The van der Waals surface area contributed by atoms with Crippen LogP contribution in [0.25, 0.3) is 0 Å². The SMILES string of the molecule is N#Cc1c(NC(=O)C2CC2c2ccco2)sc2c1CCNC2. The summed E-state index contributed by atoms with van der Waals surface area (Å²) in [4.78, 5) is 13.6. The average Bonchev–Trinajstić information content (AvgIpc) is 3.00. The topological polar surface area (TPSA) is 78.1 Å². The number of hydrogen-bond donors (Lipinski definition) is 2. The van der Waals surface area contributed by atoms with Gasteiger partial charge in [-0.3, -0.25) is 4.79 Å². The number of fused-ring (bicyclic) bond motifs is 1. The number of hydrogen-bond acceptors (Lipinski definition) is 5. The minimum atomic E-state index is -0.0463. The highest BCUT2D eigenvalue weighted by Crippen LogP contribution is 2.48. The van der Waals surface area contributed by atoms with Gasteiger partial charge in [0, 0.05) is 23.3 Å². The highest BCUT2D eigenvalue weighted by molar-refractivity contribution is 7.16. The molecule has 3 heterocycles. The molecule has 1 amide bonds. The summed E-state index contributed by atoms with van der Waals surface area (Å²) in [6.07, 6.45) is 3.30. The zero-order valence-electron chi connectivity index (χ0n) is 11.9. The second-order valence-electron chi connectivity index (χ2n) is 5.70. The summed E-state index contributed by atoms with van der Waals surface area (Å²) in [6.45, 7) is 1.66. The van der Waals surface area contributed by atoms with Gasteiger partial charge in [0.05, 0.1) is 11.8 Å². The summed E-state index contributed by atoms with van der Waals surface area (Å²) in [7, 11) is 0. The van der Waals surface area contributed by atoms with Gasteiger partial charge in [-0.15, -0.1) is 11.3 Å². The van der Waals surface area contributed by atoms with Crippen molar-refractivity contribution in [3.8, 4) is 6.07 Å². The maximum atomic E-state index is 12.4. The second kappa shape index (κ2) is 5.27. The molecule has 6 heteroatoms. The van der Waals surface area contributed by atoms with Gasteiger partial charge in [-0.2, -0.15) is 5.26 Å². The third-order valence-electron chi connectivity index (χ3n) is 4.31. The van der Waals surface area contributed by atoms with Crippen LogP contribution in [0.4, 0.5) is 5.00 Å². The molecule has 0 aromatic carbocycles. The summed E-state index contributed by atoms with van der Waals surface area (Å²) < 4.78 is 5.36. The van der Waals surface area contributed by atoms with Gasteiger partial charge in [-0.1, -0.05) is 0 Å². The molecule has 1 aliphatic carbocycles.